The predicted molar refractivity (Wildman–Crippen MR) is 119 cm³/mol. The van der Waals surface area contributed by atoms with Crippen LogP contribution in [0.3, 0.4) is 0 Å². The summed E-state index contributed by atoms with van der Waals surface area (Å²) in [4.78, 5) is 0. The average molecular weight is 382 g/mol. The van der Waals surface area contributed by atoms with Crippen LogP contribution < -0.4 is 0 Å². The molecule has 7 rings (SSSR count). The molecule has 0 atom stereocenters. The first-order valence-electron chi connectivity index (χ1n) is 8.99. The minimum atomic E-state index is 0.787. The van der Waals surface area contributed by atoms with Crippen LogP contribution in [0.1, 0.15) is 0 Å². The highest BCUT2D eigenvalue weighted by Crippen LogP contribution is 2.47. The summed E-state index contributed by atoms with van der Waals surface area (Å²) < 4.78 is 5.10. The van der Waals surface area contributed by atoms with E-state index in [2.05, 4.69) is 71.1 Å². The summed E-state index contributed by atoms with van der Waals surface area (Å²) in [5.74, 6) is 0. The van der Waals surface area contributed by atoms with Crippen LogP contribution in [-0.4, -0.2) is 4.40 Å². The topological polar surface area (TPSA) is 4.41 Å². The number of nitrogens with zero attached hydrogens (tertiary/aromatic N) is 1. The zero-order chi connectivity index (χ0) is 17.7. The van der Waals surface area contributed by atoms with Gasteiger partial charge in [0.15, 0.2) is 0 Å². The van der Waals surface area contributed by atoms with Gasteiger partial charge in [-0.2, -0.15) is 0 Å². The molecule has 4 aromatic carbocycles. The molecule has 0 radical (unpaired) electrons. The molecule has 0 aliphatic rings. The molecule has 3 aromatic heterocycles. The first-order chi connectivity index (χ1) is 13.3. The molecular formula is C24H12ClNS. The summed E-state index contributed by atoms with van der Waals surface area (Å²) in [5, 5.41) is 8.65. The lowest BCUT2D eigenvalue weighted by molar-refractivity contribution is 1.36. The average Bonchev–Trinajstić information content (AvgIpc) is 3.17. The van der Waals surface area contributed by atoms with E-state index in [4.69, 9.17) is 11.6 Å². The van der Waals surface area contributed by atoms with E-state index in [9.17, 15) is 0 Å². The number of benzene rings is 4. The van der Waals surface area contributed by atoms with Gasteiger partial charge in [0.1, 0.15) is 0 Å². The summed E-state index contributed by atoms with van der Waals surface area (Å²) in [6.07, 6.45) is 0. The highest BCUT2D eigenvalue weighted by Gasteiger charge is 2.20. The molecule has 0 aliphatic carbocycles. The highest BCUT2D eigenvalue weighted by atomic mass is 35.5. The normalized spacial score (nSPS) is 12.6. The van der Waals surface area contributed by atoms with Gasteiger partial charge in [-0.1, -0.05) is 54.1 Å². The molecule has 126 valence electrons. The second-order valence-electron chi connectivity index (χ2n) is 7.14. The van der Waals surface area contributed by atoms with Crippen molar-refractivity contribution in [3.63, 3.8) is 0 Å². The Kier molecular flexibility index (Phi) is 2.49. The lowest BCUT2D eigenvalue weighted by Crippen LogP contribution is -1.83. The molecule has 0 unspecified atom stereocenters. The smallest absolute Gasteiger partial charge is 0.0734 e. The van der Waals surface area contributed by atoms with Crippen molar-refractivity contribution in [2.75, 3.05) is 0 Å². The Labute approximate surface area is 163 Å². The van der Waals surface area contributed by atoms with Gasteiger partial charge in [0, 0.05) is 31.3 Å². The maximum Gasteiger partial charge on any atom is 0.0734 e. The van der Waals surface area contributed by atoms with E-state index in [0.29, 0.717) is 0 Å². The van der Waals surface area contributed by atoms with Crippen molar-refractivity contribution in [3.05, 3.63) is 77.8 Å². The van der Waals surface area contributed by atoms with Gasteiger partial charge >= 0.3 is 0 Å². The largest absolute Gasteiger partial charge is 0.307 e. The molecule has 0 bridgehead atoms. The summed E-state index contributed by atoms with van der Waals surface area (Å²) in [7, 11) is 0. The van der Waals surface area contributed by atoms with E-state index >= 15 is 0 Å². The summed E-state index contributed by atoms with van der Waals surface area (Å²) >= 11 is 8.25. The van der Waals surface area contributed by atoms with E-state index in [1.165, 1.54) is 58.3 Å². The zero-order valence-electron chi connectivity index (χ0n) is 14.2. The van der Waals surface area contributed by atoms with Crippen molar-refractivity contribution < 1.29 is 0 Å². The highest BCUT2D eigenvalue weighted by molar-refractivity contribution is 7.27. The van der Waals surface area contributed by atoms with Gasteiger partial charge in [-0.25, -0.2) is 0 Å². The fraction of sp³-hybridized carbons (Fsp3) is 0. The molecule has 27 heavy (non-hydrogen) atoms. The number of fused-ring (bicyclic) bond motifs is 6. The van der Waals surface area contributed by atoms with E-state index < -0.39 is 0 Å². The monoisotopic (exact) mass is 381 g/mol. The number of halogens is 1. The van der Waals surface area contributed by atoms with Crippen molar-refractivity contribution in [1.29, 1.82) is 0 Å². The fourth-order valence-electron chi connectivity index (χ4n) is 4.72. The maximum absolute atomic E-state index is 6.37. The SMILES string of the molecule is Clc1ccc2c(c1)c1sc3ccc4cccc5c6ccccc6n2c1c3c45. The van der Waals surface area contributed by atoms with Crippen molar-refractivity contribution in [3.8, 4) is 0 Å². The van der Waals surface area contributed by atoms with Gasteiger partial charge in [-0.15, -0.1) is 11.3 Å². The van der Waals surface area contributed by atoms with Crippen LogP contribution in [0.15, 0.2) is 72.8 Å². The number of hydrogen-bond acceptors (Lipinski definition) is 1. The Bertz CT molecular complexity index is 1690. The van der Waals surface area contributed by atoms with Gasteiger partial charge in [0.2, 0.25) is 0 Å². The quantitative estimate of drug-likeness (QED) is 0.252. The lowest BCUT2D eigenvalue weighted by atomic mass is 10.0. The fourth-order valence-corrected chi connectivity index (χ4v) is 6.12. The van der Waals surface area contributed by atoms with Gasteiger partial charge in [0.25, 0.3) is 0 Å². The van der Waals surface area contributed by atoms with Crippen LogP contribution in [0, 0.1) is 0 Å². The molecule has 0 aliphatic heterocycles. The number of thiophene rings is 1. The molecule has 0 amide bonds. The molecule has 3 heteroatoms. The van der Waals surface area contributed by atoms with Crippen LogP contribution >= 0.6 is 22.9 Å². The third-order valence-corrected chi connectivity index (χ3v) is 7.19. The molecule has 0 spiro atoms. The Balaban J connectivity index is 2.04. The Morgan fingerprint density at radius 1 is 0.704 bits per heavy atom. The maximum atomic E-state index is 6.37. The molecule has 0 N–H and O–H groups in total. The predicted octanol–water partition coefficient (Wildman–Crippen LogP) is 7.86. The van der Waals surface area contributed by atoms with Gasteiger partial charge in [-0.3, -0.25) is 0 Å². The van der Waals surface area contributed by atoms with Crippen LogP contribution in [-0.2, 0) is 0 Å². The van der Waals surface area contributed by atoms with Crippen molar-refractivity contribution >= 4 is 81.2 Å². The van der Waals surface area contributed by atoms with Gasteiger partial charge < -0.3 is 4.40 Å². The van der Waals surface area contributed by atoms with Crippen LogP contribution in [0.25, 0.3) is 58.3 Å². The molecule has 0 saturated carbocycles. The van der Waals surface area contributed by atoms with Crippen molar-refractivity contribution in [2.24, 2.45) is 0 Å². The lowest BCUT2D eigenvalue weighted by Gasteiger charge is -2.02. The molecule has 3 heterocycles. The zero-order valence-corrected chi connectivity index (χ0v) is 15.7. The van der Waals surface area contributed by atoms with Gasteiger partial charge in [0.05, 0.1) is 21.3 Å². The summed E-state index contributed by atoms with van der Waals surface area (Å²) in [6, 6.07) is 26.2. The molecular weight excluding hydrogens is 370 g/mol. The molecule has 7 aromatic rings. The van der Waals surface area contributed by atoms with Crippen molar-refractivity contribution in [2.45, 2.75) is 0 Å². The molecule has 0 saturated heterocycles. The van der Waals surface area contributed by atoms with Crippen molar-refractivity contribution in [1.82, 2.24) is 4.40 Å². The van der Waals surface area contributed by atoms with Crippen LogP contribution in [0.5, 0.6) is 0 Å². The first kappa shape index (κ1) is 14.3. The van der Waals surface area contributed by atoms with E-state index in [-0.39, 0.29) is 0 Å². The second kappa shape index (κ2) is 4.72. The van der Waals surface area contributed by atoms with E-state index in [0.717, 1.165) is 5.02 Å². The Morgan fingerprint density at radius 2 is 1.56 bits per heavy atom. The minimum Gasteiger partial charge on any atom is -0.307 e. The minimum absolute atomic E-state index is 0.787. The Morgan fingerprint density at radius 3 is 2.52 bits per heavy atom. The van der Waals surface area contributed by atoms with Gasteiger partial charge in [-0.05, 0) is 41.1 Å². The van der Waals surface area contributed by atoms with E-state index in [1.807, 2.05) is 17.4 Å². The number of hydrogen-bond donors (Lipinski definition) is 0. The second-order valence-corrected chi connectivity index (χ2v) is 8.62. The van der Waals surface area contributed by atoms with Crippen LogP contribution in [0.2, 0.25) is 5.02 Å². The Hall–Kier alpha value is -2.81. The number of rotatable bonds is 0. The third-order valence-electron chi connectivity index (χ3n) is 5.77. The summed E-state index contributed by atoms with van der Waals surface area (Å²) in [5.41, 5.74) is 3.78. The molecule has 1 nitrogen and oxygen atoms in total. The third kappa shape index (κ3) is 1.62. The standard InChI is InChI=1S/C24H12ClNS/c25-14-9-10-19-17(12-14)24-23-22-20(27-24)11-8-13-4-3-6-16(21(13)22)15-5-1-2-7-18(15)26(19)23/h1-12H. The number of para-hydroxylation sites is 1. The first-order valence-corrected chi connectivity index (χ1v) is 10.2. The molecule has 0 fully saturated rings. The van der Waals surface area contributed by atoms with Crippen LogP contribution in [0.4, 0.5) is 0 Å². The van der Waals surface area contributed by atoms with E-state index in [1.54, 1.807) is 0 Å². The summed E-state index contributed by atoms with van der Waals surface area (Å²) in [6.45, 7) is 0. The number of aromatic nitrogens is 1.